The zero-order valence-electron chi connectivity index (χ0n) is 10.1. The summed E-state index contributed by atoms with van der Waals surface area (Å²) < 4.78 is 0. The zero-order chi connectivity index (χ0) is 13.0. The third-order valence-electron chi connectivity index (χ3n) is 2.73. The van der Waals surface area contributed by atoms with Crippen molar-refractivity contribution in [1.29, 1.82) is 0 Å². The number of nitro groups is 1. The molecule has 0 radical (unpaired) electrons. The summed E-state index contributed by atoms with van der Waals surface area (Å²) in [7, 11) is 0. The first-order valence-electron chi connectivity index (χ1n) is 5.67. The third-order valence-corrected chi connectivity index (χ3v) is 3.46. The van der Waals surface area contributed by atoms with Crippen molar-refractivity contribution in [1.82, 2.24) is 0 Å². The smallest absolute Gasteiger partial charge is 0.295 e. The van der Waals surface area contributed by atoms with Crippen molar-refractivity contribution >= 4 is 22.7 Å². The number of nitrogens with one attached hydrogen (secondary N) is 1. The largest absolute Gasteiger partial charge is 0.379 e. The van der Waals surface area contributed by atoms with Gasteiger partial charge in [0.2, 0.25) is 0 Å². The van der Waals surface area contributed by atoms with Crippen LogP contribution in [0.2, 0.25) is 0 Å². The summed E-state index contributed by atoms with van der Waals surface area (Å²) in [4.78, 5) is 10.7. The minimum absolute atomic E-state index is 0.169. The Balaban J connectivity index is 2.05. The average Bonchev–Trinajstić information content (AvgIpc) is 2.81. The van der Waals surface area contributed by atoms with Crippen LogP contribution in [0.1, 0.15) is 11.1 Å². The van der Waals surface area contributed by atoms with E-state index in [0.29, 0.717) is 17.8 Å². The molecule has 94 valence electrons. The number of rotatable bonds is 5. The minimum Gasteiger partial charge on any atom is -0.379 e. The van der Waals surface area contributed by atoms with Crippen molar-refractivity contribution in [3.63, 3.8) is 0 Å². The first kappa shape index (κ1) is 12.6. The van der Waals surface area contributed by atoms with Gasteiger partial charge in [-0.15, -0.1) is 0 Å². The summed E-state index contributed by atoms with van der Waals surface area (Å²) >= 11 is 1.66. The molecular formula is C13H14N2O2S. The molecule has 0 aliphatic carbocycles. The van der Waals surface area contributed by atoms with E-state index in [9.17, 15) is 10.1 Å². The lowest BCUT2D eigenvalue weighted by Gasteiger charge is -2.07. The molecule has 5 heteroatoms. The van der Waals surface area contributed by atoms with E-state index in [2.05, 4.69) is 16.8 Å². The molecule has 0 spiro atoms. The van der Waals surface area contributed by atoms with Gasteiger partial charge in [-0.05, 0) is 41.8 Å². The van der Waals surface area contributed by atoms with E-state index < -0.39 is 0 Å². The second-order valence-corrected chi connectivity index (χ2v) is 4.82. The van der Waals surface area contributed by atoms with Crippen LogP contribution < -0.4 is 5.32 Å². The Morgan fingerprint density at radius 1 is 1.39 bits per heavy atom. The molecule has 1 aromatic heterocycles. The number of thiophene rings is 1. The summed E-state index contributed by atoms with van der Waals surface area (Å²) in [5, 5.41) is 18.3. The summed E-state index contributed by atoms with van der Waals surface area (Å²) in [6.45, 7) is 2.45. The second-order valence-electron chi connectivity index (χ2n) is 4.04. The number of nitrogens with zero attached hydrogens (tertiary/aromatic N) is 1. The molecule has 1 N–H and O–H groups in total. The fourth-order valence-corrected chi connectivity index (χ4v) is 2.52. The van der Waals surface area contributed by atoms with E-state index in [1.807, 2.05) is 11.4 Å². The van der Waals surface area contributed by atoms with Crippen molar-refractivity contribution in [3.8, 4) is 0 Å². The van der Waals surface area contributed by atoms with Gasteiger partial charge in [-0.2, -0.15) is 11.3 Å². The van der Waals surface area contributed by atoms with E-state index in [1.54, 1.807) is 30.4 Å². The number of aryl methyl sites for hydroxylation is 1. The summed E-state index contributed by atoms with van der Waals surface area (Å²) in [6.07, 6.45) is 0.870. The first-order chi connectivity index (χ1) is 8.68. The van der Waals surface area contributed by atoms with Crippen LogP contribution in [-0.4, -0.2) is 11.5 Å². The van der Waals surface area contributed by atoms with Gasteiger partial charge in [-0.1, -0.05) is 12.1 Å². The van der Waals surface area contributed by atoms with Gasteiger partial charge in [0.05, 0.1) is 4.92 Å². The average molecular weight is 262 g/mol. The van der Waals surface area contributed by atoms with Crippen molar-refractivity contribution in [2.75, 3.05) is 11.9 Å². The van der Waals surface area contributed by atoms with Gasteiger partial charge in [0, 0.05) is 12.1 Å². The normalized spacial score (nSPS) is 10.3. The van der Waals surface area contributed by atoms with E-state index in [-0.39, 0.29) is 10.6 Å². The molecule has 0 atom stereocenters. The molecule has 1 aromatic carbocycles. The molecule has 18 heavy (non-hydrogen) atoms. The highest BCUT2D eigenvalue weighted by Crippen LogP contribution is 2.27. The van der Waals surface area contributed by atoms with E-state index in [1.165, 1.54) is 5.56 Å². The molecule has 0 saturated carbocycles. The van der Waals surface area contributed by atoms with Gasteiger partial charge in [0.15, 0.2) is 0 Å². The quantitative estimate of drug-likeness (QED) is 0.661. The van der Waals surface area contributed by atoms with Gasteiger partial charge in [0.25, 0.3) is 5.69 Å². The number of para-hydroxylation sites is 1. The maximum absolute atomic E-state index is 11.0. The zero-order valence-corrected chi connectivity index (χ0v) is 10.9. The summed E-state index contributed by atoms with van der Waals surface area (Å²) in [6, 6.07) is 7.40. The van der Waals surface area contributed by atoms with Gasteiger partial charge in [-0.25, -0.2) is 0 Å². The molecule has 0 unspecified atom stereocenters. The van der Waals surface area contributed by atoms with Crippen LogP contribution in [0.15, 0.2) is 35.0 Å². The lowest BCUT2D eigenvalue weighted by molar-refractivity contribution is -0.384. The van der Waals surface area contributed by atoms with Crippen molar-refractivity contribution in [3.05, 3.63) is 56.3 Å². The Bertz CT molecular complexity index is 538. The molecule has 0 saturated heterocycles. The molecule has 0 aliphatic heterocycles. The summed E-state index contributed by atoms with van der Waals surface area (Å²) in [5.74, 6) is 0. The number of nitro benzene ring substituents is 1. The van der Waals surface area contributed by atoms with Crippen LogP contribution in [-0.2, 0) is 6.42 Å². The van der Waals surface area contributed by atoms with E-state index in [4.69, 9.17) is 0 Å². The highest BCUT2D eigenvalue weighted by atomic mass is 32.1. The van der Waals surface area contributed by atoms with Crippen molar-refractivity contribution in [2.45, 2.75) is 13.3 Å². The first-order valence-corrected chi connectivity index (χ1v) is 6.61. The molecule has 4 nitrogen and oxygen atoms in total. The predicted octanol–water partition coefficient (Wildman–Crippen LogP) is 3.62. The van der Waals surface area contributed by atoms with Crippen LogP contribution >= 0.6 is 11.3 Å². The van der Waals surface area contributed by atoms with Crippen LogP contribution in [0.5, 0.6) is 0 Å². The number of anilines is 1. The topological polar surface area (TPSA) is 55.2 Å². The lowest BCUT2D eigenvalue weighted by Crippen LogP contribution is -2.07. The van der Waals surface area contributed by atoms with Crippen LogP contribution in [0.3, 0.4) is 0 Å². The Hall–Kier alpha value is -1.88. The number of benzene rings is 1. The van der Waals surface area contributed by atoms with E-state index in [0.717, 1.165) is 6.42 Å². The lowest BCUT2D eigenvalue weighted by atomic mass is 10.1. The maximum Gasteiger partial charge on any atom is 0.295 e. The number of hydrogen-bond acceptors (Lipinski definition) is 4. The molecule has 2 aromatic rings. The molecular weight excluding hydrogens is 248 g/mol. The summed E-state index contributed by atoms with van der Waals surface area (Å²) in [5.41, 5.74) is 2.70. The fraction of sp³-hybridized carbons (Fsp3) is 0.231. The fourth-order valence-electron chi connectivity index (χ4n) is 1.82. The van der Waals surface area contributed by atoms with Crippen molar-refractivity contribution < 1.29 is 4.92 Å². The Labute approximate surface area is 109 Å². The Morgan fingerprint density at radius 2 is 2.22 bits per heavy atom. The van der Waals surface area contributed by atoms with Crippen LogP contribution in [0.4, 0.5) is 11.4 Å². The highest BCUT2D eigenvalue weighted by Gasteiger charge is 2.15. The maximum atomic E-state index is 11.0. The molecule has 0 bridgehead atoms. The van der Waals surface area contributed by atoms with Gasteiger partial charge < -0.3 is 5.32 Å². The van der Waals surface area contributed by atoms with E-state index >= 15 is 0 Å². The molecule has 0 aliphatic rings. The molecule has 0 amide bonds. The second kappa shape index (κ2) is 5.64. The van der Waals surface area contributed by atoms with Gasteiger partial charge >= 0.3 is 0 Å². The van der Waals surface area contributed by atoms with Crippen LogP contribution in [0.25, 0.3) is 0 Å². The Kier molecular flexibility index (Phi) is 3.94. The monoisotopic (exact) mass is 262 g/mol. The van der Waals surface area contributed by atoms with Crippen molar-refractivity contribution in [2.24, 2.45) is 0 Å². The Morgan fingerprint density at radius 3 is 2.89 bits per heavy atom. The van der Waals surface area contributed by atoms with Gasteiger partial charge in [-0.3, -0.25) is 10.1 Å². The predicted molar refractivity (Wildman–Crippen MR) is 74.3 cm³/mol. The molecule has 0 fully saturated rings. The minimum atomic E-state index is -0.331. The highest BCUT2D eigenvalue weighted by molar-refractivity contribution is 7.07. The van der Waals surface area contributed by atoms with Crippen LogP contribution in [0, 0.1) is 17.0 Å². The standard InChI is InChI=1S/C13H14N2O2S/c1-10-3-2-4-12(13(10)15(16)17)14-7-5-11-6-8-18-9-11/h2-4,6,8-9,14H,5,7H2,1H3. The van der Waals surface area contributed by atoms with Gasteiger partial charge in [0.1, 0.15) is 5.69 Å². The molecule has 2 rings (SSSR count). The third kappa shape index (κ3) is 2.87. The molecule has 1 heterocycles. The number of hydrogen-bond donors (Lipinski definition) is 1. The SMILES string of the molecule is Cc1cccc(NCCc2ccsc2)c1[N+](=O)[O-].